The Bertz CT molecular complexity index is 378. The second-order valence-electron chi connectivity index (χ2n) is 3.32. The van der Waals surface area contributed by atoms with Crippen molar-refractivity contribution >= 4 is 6.03 Å². The molecule has 0 atom stereocenters. The van der Waals surface area contributed by atoms with E-state index in [1.807, 2.05) is 0 Å². The Hall–Kier alpha value is -1.58. The maximum absolute atomic E-state index is 12.9. The molecular weight excluding hydrogens is 183 g/mol. The van der Waals surface area contributed by atoms with Gasteiger partial charge in [0.25, 0.3) is 0 Å². The molecule has 4 heteroatoms. The highest BCUT2D eigenvalue weighted by atomic mass is 19.1. The van der Waals surface area contributed by atoms with E-state index < -0.39 is 0 Å². The van der Waals surface area contributed by atoms with Gasteiger partial charge in [-0.3, -0.25) is 0 Å². The van der Waals surface area contributed by atoms with Crippen molar-refractivity contribution in [1.82, 2.24) is 10.2 Å². The molecule has 1 heterocycles. The fourth-order valence-corrected chi connectivity index (χ4v) is 1.66. The van der Waals surface area contributed by atoms with Gasteiger partial charge in [-0.05, 0) is 23.3 Å². The zero-order valence-electron chi connectivity index (χ0n) is 7.88. The van der Waals surface area contributed by atoms with Crippen LogP contribution in [0.1, 0.15) is 11.1 Å². The summed E-state index contributed by atoms with van der Waals surface area (Å²) in [6.07, 6.45) is 0. The van der Waals surface area contributed by atoms with Crippen LogP contribution < -0.4 is 5.32 Å². The maximum Gasteiger partial charge on any atom is 0.317 e. The number of nitrogens with one attached hydrogen (secondary N) is 1. The Labute approximate surface area is 81.5 Å². The van der Waals surface area contributed by atoms with E-state index >= 15 is 0 Å². The molecule has 1 aromatic rings. The molecule has 0 aliphatic carbocycles. The summed E-state index contributed by atoms with van der Waals surface area (Å²) in [7, 11) is 1.59. The number of carbonyl (C=O) groups excluding carboxylic acids is 1. The highest BCUT2D eigenvalue weighted by molar-refractivity contribution is 5.74. The predicted molar refractivity (Wildman–Crippen MR) is 50.1 cm³/mol. The summed E-state index contributed by atoms with van der Waals surface area (Å²) in [6.45, 7) is 1.06. The lowest BCUT2D eigenvalue weighted by Gasteiger charge is -2.13. The van der Waals surface area contributed by atoms with E-state index in [-0.39, 0.29) is 11.8 Å². The molecule has 1 aliphatic heterocycles. The predicted octanol–water partition coefficient (Wildman–Crippen LogP) is 1.48. The van der Waals surface area contributed by atoms with Crippen molar-refractivity contribution < 1.29 is 9.18 Å². The fourth-order valence-electron chi connectivity index (χ4n) is 1.66. The number of nitrogens with zero attached hydrogens (tertiary/aromatic N) is 1. The summed E-state index contributed by atoms with van der Waals surface area (Å²) >= 11 is 0. The van der Waals surface area contributed by atoms with Gasteiger partial charge in [-0.1, -0.05) is 6.07 Å². The van der Waals surface area contributed by atoms with E-state index in [4.69, 9.17) is 0 Å². The third-order valence-electron chi connectivity index (χ3n) is 2.39. The number of carbonyl (C=O) groups is 1. The number of rotatable bonds is 0. The van der Waals surface area contributed by atoms with Crippen LogP contribution in [0.3, 0.4) is 0 Å². The van der Waals surface area contributed by atoms with Crippen molar-refractivity contribution in [3.8, 4) is 0 Å². The van der Waals surface area contributed by atoms with E-state index in [0.29, 0.717) is 13.1 Å². The van der Waals surface area contributed by atoms with Crippen LogP contribution in [0.4, 0.5) is 9.18 Å². The number of benzene rings is 1. The SMILES string of the molecule is CNC(=O)N1Cc2ccc(F)cc2C1. The first-order chi connectivity index (χ1) is 6.70. The minimum atomic E-state index is -0.248. The van der Waals surface area contributed by atoms with Gasteiger partial charge in [0.15, 0.2) is 0 Å². The van der Waals surface area contributed by atoms with E-state index in [0.717, 1.165) is 11.1 Å². The molecule has 74 valence electrons. The van der Waals surface area contributed by atoms with E-state index in [1.54, 1.807) is 18.0 Å². The molecule has 0 radical (unpaired) electrons. The average Bonchev–Trinajstić information content (AvgIpc) is 2.59. The Balaban J connectivity index is 2.22. The van der Waals surface area contributed by atoms with Gasteiger partial charge in [-0.2, -0.15) is 0 Å². The molecule has 0 saturated heterocycles. The van der Waals surface area contributed by atoms with Crippen molar-refractivity contribution in [2.75, 3.05) is 7.05 Å². The molecule has 1 aliphatic rings. The molecule has 0 fully saturated rings. The van der Waals surface area contributed by atoms with Crippen molar-refractivity contribution in [2.45, 2.75) is 13.1 Å². The van der Waals surface area contributed by atoms with Crippen LogP contribution in [0.2, 0.25) is 0 Å². The standard InChI is InChI=1S/C10H11FN2O/c1-12-10(14)13-5-7-2-3-9(11)4-8(7)6-13/h2-4H,5-6H2,1H3,(H,12,14). The summed E-state index contributed by atoms with van der Waals surface area (Å²) in [5.41, 5.74) is 1.92. The Morgan fingerprint density at radius 3 is 2.86 bits per heavy atom. The number of amides is 2. The molecule has 0 unspecified atom stereocenters. The van der Waals surface area contributed by atoms with Crippen molar-refractivity contribution in [1.29, 1.82) is 0 Å². The second kappa shape index (κ2) is 3.29. The zero-order chi connectivity index (χ0) is 10.1. The first-order valence-electron chi connectivity index (χ1n) is 4.44. The van der Waals surface area contributed by atoms with Gasteiger partial charge in [0.05, 0.1) is 0 Å². The number of urea groups is 1. The number of halogens is 1. The Morgan fingerprint density at radius 1 is 1.43 bits per heavy atom. The first-order valence-corrected chi connectivity index (χ1v) is 4.44. The molecule has 2 rings (SSSR count). The van der Waals surface area contributed by atoms with Crippen molar-refractivity contribution in [2.24, 2.45) is 0 Å². The number of hydrogen-bond donors (Lipinski definition) is 1. The lowest BCUT2D eigenvalue weighted by Crippen LogP contribution is -2.33. The highest BCUT2D eigenvalue weighted by Crippen LogP contribution is 2.23. The van der Waals surface area contributed by atoms with Crippen LogP contribution in [0.25, 0.3) is 0 Å². The number of hydrogen-bond acceptors (Lipinski definition) is 1. The summed E-state index contributed by atoms with van der Waals surface area (Å²) in [5.74, 6) is -0.248. The molecule has 1 N–H and O–H groups in total. The van der Waals surface area contributed by atoms with E-state index in [9.17, 15) is 9.18 Å². The third kappa shape index (κ3) is 1.43. The molecule has 0 aromatic heterocycles. The van der Waals surface area contributed by atoms with Crippen LogP contribution in [0, 0.1) is 5.82 Å². The zero-order valence-corrected chi connectivity index (χ0v) is 7.88. The highest BCUT2D eigenvalue weighted by Gasteiger charge is 2.22. The second-order valence-corrected chi connectivity index (χ2v) is 3.32. The van der Waals surface area contributed by atoms with Crippen LogP contribution >= 0.6 is 0 Å². The first kappa shape index (κ1) is 8.99. The topological polar surface area (TPSA) is 32.3 Å². The van der Waals surface area contributed by atoms with E-state index in [2.05, 4.69) is 5.32 Å². The van der Waals surface area contributed by atoms with Gasteiger partial charge >= 0.3 is 6.03 Å². The minimum Gasteiger partial charge on any atom is -0.341 e. The van der Waals surface area contributed by atoms with Gasteiger partial charge < -0.3 is 10.2 Å². The largest absolute Gasteiger partial charge is 0.341 e. The average molecular weight is 194 g/mol. The summed E-state index contributed by atoms with van der Waals surface area (Å²) in [4.78, 5) is 12.9. The molecule has 0 spiro atoms. The Morgan fingerprint density at radius 2 is 2.14 bits per heavy atom. The molecular formula is C10H11FN2O. The van der Waals surface area contributed by atoms with Crippen LogP contribution in [-0.4, -0.2) is 18.0 Å². The normalized spacial score (nSPS) is 14.0. The summed E-state index contributed by atoms with van der Waals surface area (Å²) < 4.78 is 12.9. The summed E-state index contributed by atoms with van der Waals surface area (Å²) in [6, 6.07) is 4.51. The van der Waals surface area contributed by atoms with Crippen molar-refractivity contribution in [3.05, 3.63) is 35.1 Å². The lowest BCUT2D eigenvalue weighted by atomic mass is 10.1. The molecule has 2 amide bonds. The minimum absolute atomic E-state index is 0.124. The molecule has 3 nitrogen and oxygen atoms in total. The van der Waals surface area contributed by atoms with Crippen LogP contribution in [0.5, 0.6) is 0 Å². The molecule has 0 bridgehead atoms. The summed E-state index contributed by atoms with van der Waals surface area (Å²) in [5, 5.41) is 2.55. The van der Waals surface area contributed by atoms with Gasteiger partial charge in [0.2, 0.25) is 0 Å². The quantitative estimate of drug-likeness (QED) is 0.666. The third-order valence-corrected chi connectivity index (χ3v) is 2.39. The fraction of sp³-hybridized carbons (Fsp3) is 0.300. The molecule has 1 aromatic carbocycles. The van der Waals surface area contributed by atoms with Crippen LogP contribution in [0.15, 0.2) is 18.2 Å². The van der Waals surface area contributed by atoms with E-state index in [1.165, 1.54) is 12.1 Å². The maximum atomic E-state index is 12.9. The molecule has 0 saturated carbocycles. The van der Waals surface area contributed by atoms with Gasteiger partial charge in [-0.25, -0.2) is 9.18 Å². The van der Waals surface area contributed by atoms with Crippen LogP contribution in [-0.2, 0) is 13.1 Å². The molecule has 14 heavy (non-hydrogen) atoms. The smallest absolute Gasteiger partial charge is 0.317 e. The lowest BCUT2D eigenvalue weighted by molar-refractivity contribution is 0.201. The monoisotopic (exact) mass is 194 g/mol. The van der Waals surface area contributed by atoms with Gasteiger partial charge in [0.1, 0.15) is 5.82 Å². The Kier molecular flexibility index (Phi) is 2.11. The number of fused-ring (bicyclic) bond motifs is 1. The van der Waals surface area contributed by atoms with Gasteiger partial charge in [-0.15, -0.1) is 0 Å². The van der Waals surface area contributed by atoms with Gasteiger partial charge in [0, 0.05) is 20.1 Å². The van der Waals surface area contributed by atoms with Crippen molar-refractivity contribution in [3.63, 3.8) is 0 Å².